The van der Waals surface area contributed by atoms with Crippen molar-refractivity contribution in [2.75, 3.05) is 189 Å². The van der Waals surface area contributed by atoms with Crippen molar-refractivity contribution in [2.45, 2.75) is 0 Å². The van der Waals surface area contributed by atoms with Crippen LogP contribution in [-0.4, -0.2) is 341 Å². The van der Waals surface area contributed by atoms with E-state index in [9.17, 15) is 67.1 Å². The summed E-state index contributed by atoms with van der Waals surface area (Å²) < 4.78 is 0. The maximum absolute atomic E-state index is 13.0. The molecule has 0 spiro atoms. The van der Waals surface area contributed by atoms with Gasteiger partial charge in [0.2, 0.25) is 76.8 Å². The van der Waals surface area contributed by atoms with E-state index in [0.29, 0.717) is 0 Å². The molecule has 414 valence electrons. The molecular formula is C42H71N17O15. The number of carbonyl (C=O) groups is 14. The lowest BCUT2D eigenvalue weighted by atomic mass is 10.3. The highest BCUT2D eigenvalue weighted by atomic mass is 16.4. The zero-order valence-corrected chi connectivity index (χ0v) is 44.2. The minimum atomic E-state index is -1.24. The average Bonchev–Trinajstić information content (AvgIpc) is 3.32. The summed E-state index contributed by atoms with van der Waals surface area (Å²) in [5.74, 6) is -9.68. The van der Waals surface area contributed by atoms with Crippen LogP contribution >= 0.6 is 0 Å². The molecule has 32 nitrogen and oxygen atoms in total. The zero-order chi connectivity index (χ0) is 57.3. The Hall–Kier alpha value is -8.15. The first-order chi connectivity index (χ1) is 34.3. The second-order valence-electron chi connectivity index (χ2n) is 17.4. The molecule has 0 aromatic rings. The third-order valence-electron chi connectivity index (χ3n) is 11.0. The molecule has 0 aliphatic heterocycles. The van der Waals surface area contributed by atoms with E-state index in [-0.39, 0.29) is 13.1 Å². The molecule has 0 rings (SSSR count). The Bertz CT molecular complexity index is 2160. The van der Waals surface area contributed by atoms with Crippen LogP contribution in [0.1, 0.15) is 0 Å². The first-order valence-corrected chi connectivity index (χ1v) is 22.4. The third kappa shape index (κ3) is 23.8. The van der Waals surface area contributed by atoms with Crippen LogP contribution in [0.2, 0.25) is 0 Å². The lowest BCUT2D eigenvalue weighted by Gasteiger charge is -2.28. The summed E-state index contributed by atoms with van der Waals surface area (Å²) in [5.41, 5.74) is 13.9. The van der Waals surface area contributed by atoms with Crippen LogP contribution in [0, 0.1) is 0 Å². The van der Waals surface area contributed by atoms with E-state index in [1.807, 2.05) is 0 Å². The Morgan fingerprint density at radius 3 is 0.676 bits per heavy atom. The number of aliphatic carboxylic acids is 1. The van der Waals surface area contributed by atoms with Crippen LogP contribution in [0.4, 0.5) is 0 Å². The number of rotatable bonds is 30. The summed E-state index contributed by atoms with van der Waals surface area (Å²) >= 11 is 0. The van der Waals surface area contributed by atoms with Crippen LogP contribution in [0.25, 0.3) is 10.4 Å². The van der Waals surface area contributed by atoms with Crippen molar-refractivity contribution in [1.82, 2.24) is 63.7 Å². The number of hydrogen-bond acceptors (Lipinski definition) is 16. The number of carbonyl (C=O) groups excluding carboxylic acids is 13. The smallest absolute Gasteiger partial charge is 0.323 e. The van der Waals surface area contributed by atoms with Crippen LogP contribution < -0.4 is 5.73 Å². The van der Waals surface area contributed by atoms with Crippen molar-refractivity contribution in [3.05, 3.63) is 10.4 Å². The van der Waals surface area contributed by atoms with E-state index in [1.54, 1.807) is 0 Å². The third-order valence-corrected chi connectivity index (χ3v) is 11.0. The molecule has 0 atom stereocenters. The number of hydrogen-bond donors (Lipinski definition) is 2. The van der Waals surface area contributed by atoms with Crippen LogP contribution in [-0.2, 0) is 67.1 Å². The number of nitrogens with two attached hydrogens (primary N) is 1. The Balaban J connectivity index is 4.99. The van der Waals surface area contributed by atoms with Gasteiger partial charge in [0, 0.05) is 103 Å². The highest BCUT2D eigenvalue weighted by Crippen LogP contribution is 2.02. The second-order valence-corrected chi connectivity index (χ2v) is 17.4. The molecule has 0 aromatic heterocycles. The molecule has 0 aromatic carbocycles. The van der Waals surface area contributed by atoms with E-state index in [4.69, 9.17) is 16.4 Å². The van der Waals surface area contributed by atoms with Gasteiger partial charge in [-0.3, -0.25) is 67.1 Å². The molecule has 0 heterocycles. The predicted molar refractivity (Wildman–Crippen MR) is 259 cm³/mol. The van der Waals surface area contributed by atoms with Gasteiger partial charge >= 0.3 is 5.97 Å². The number of carboxylic acid groups (broad SMARTS) is 1. The van der Waals surface area contributed by atoms with Gasteiger partial charge in [0.1, 0.15) is 6.54 Å². The molecule has 0 bridgehead atoms. The van der Waals surface area contributed by atoms with Crippen molar-refractivity contribution >= 4 is 82.8 Å². The van der Waals surface area contributed by atoms with E-state index in [0.717, 1.165) is 63.7 Å². The summed E-state index contributed by atoms with van der Waals surface area (Å²) in [6, 6.07) is 0. The largest absolute Gasteiger partial charge is 0.480 e. The fourth-order valence-electron chi connectivity index (χ4n) is 5.74. The topological polar surface area (TPSA) is 376 Å². The highest BCUT2D eigenvalue weighted by molar-refractivity contribution is 5.95. The van der Waals surface area contributed by atoms with E-state index in [1.165, 1.54) is 84.6 Å². The van der Waals surface area contributed by atoms with E-state index >= 15 is 0 Å². The number of carboxylic acids is 1. The molecule has 3 N–H and O–H groups in total. The molecule has 13 amide bonds. The van der Waals surface area contributed by atoms with Gasteiger partial charge in [-0.15, -0.1) is 0 Å². The van der Waals surface area contributed by atoms with E-state index < -0.39 is 174 Å². The average molecular weight is 1050 g/mol. The Morgan fingerprint density at radius 1 is 0.338 bits per heavy atom. The monoisotopic (exact) mass is 1050 g/mol. The molecule has 0 saturated carbocycles. The Labute approximate surface area is 428 Å². The summed E-state index contributed by atoms with van der Waals surface area (Å²) in [7, 11) is 15.5. The van der Waals surface area contributed by atoms with Gasteiger partial charge in [0.25, 0.3) is 0 Å². The Morgan fingerprint density at radius 2 is 0.514 bits per heavy atom. The summed E-state index contributed by atoms with van der Waals surface area (Å²) in [6.45, 7) is -6.91. The van der Waals surface area contributed by atoms with Gasteiger partial charge < -0.3 is 74.5 Å². The molecule has 0 fully saturated rings. The number of nitrogens with zero attached hydrogens (tertiary/aromatic N) is 16. The molecule has 0 unspecified atom stereocenters. The maximum Gasteiger partial charge on any atom is 0.323 e. The lowest BCUT2D eigenvalue weighted by molar-refractivity contribution is -0.147. The van der Waals surface area contributed by atoms with Crippen molar-refractivity contribution in [3.63, 3.8) is 0 Å². The molecule has 0 aliphatic rings. The number of likely N-dealkylation sites (N-methyl/N-ethyl adjacent to an activating group) is 12. The number of azide groups is 1. The van der Waals surface area contributed by atoms with Gasteiger partial charge in [0.05, 0.1) is 85.1 Å². The SMILES string of the molecule is CN(CC(=O)O)C(=O)CN(C)C(=O)CN(C)C(=O)CN(C)C(=O)CN(C)C(=O)CN(C)C(=O)CN(C)C(=O)CN(C)C(=O)CN(C)C(=O)CN(C)C(=O)CN(C)C(=O)CN(C)C(=O)CN(CCN=[N+]=[N-])C(=O)CN. The molecule has 74 heavy (non-hydrogen) atoms. The van der Waals surface area contributed by atoms with Crippen molar-refractivity contribution in [2.24, 2.45) is 10.8 Å². The van der Waals surface area contributed by atoms with Gasteiger partial charge in [-0.05, 0) is 5.53 Å². The van der Waals surface area contributed by atoms with Gasteiger partial charge in [-0.2, -0.15) is 0 Å². The van der Waals surface area contributed by atoms with E-state index in [2.05, 4.69) is 10.0 Å². The quantitative estimate of drug-likeness (QED) is 0.0383. The minimum absolute atomic E-state index is 0.0763. The summed E-state index contributed by atoms with van der Waals surface area (Å²) in [4.78, 5) is 192. The minimum Gasteiger partial charge on any atom is -0.480 e. The molecule has 0 aliphatic carbocycles. The van der Waals surface area contributed by atoms with Crippen LogP contribution in [0.3, 0.4) is 0 Å². The van der Waals surface area contributed by atoms with Gasteiger partial charge in [-0.25, -0.2) is 0 Å². The number of amides is 13. The fraction of sp³-hybridized carbons (Fsp3) is 0.667. The normalized spacial score (nSPS) is 10.3. The molecule has 32 heteroatoms. The first kappa shape index (κ1) is 65.8. The van der Waals surface area contributed by atoms with Gasteiger partial charge in [0.15, 0.2) is 0 Å². The first-order valence-electron chi connectivity index (χ1n) is 22.4. The van der Waals surface area contributed by atoms with Crippen molar-refractivity contribution < 1.29 is 72.2 Å². The van der Waals surface area contributed by atoms with Crippen LogP contribution in [0.5, 0.6) is 0 Å². The molecule has 0 saturated heterocycles. The standard InChI is InChI=1S/C42H71N17O15/c1-47(16-30(61)48(2)18-32(63)50(4)20-34(65)52(6)22-36(67)54(8)24-38(69)56(10)26-40(71)58(12)28-42(73)74)31(62)17-49(3)33(64)19-51(5)35(66)21-53(7)37(68)23-55(9)39(70)25-57(11)41(72)27-59(29(60)15-43)14-13-45-46-44/h13-28,43H2,1-12H3,(H,73,74). The zero-order valence-electron chi connectivity index (χ0n) is 44.2. The van der Waals surface area contributed by atoms with Crippen molar-refractivity contribution in [3.8, 4) is 0 Å². The predicted octanol–water partition coefficient (Wildman–Crippen LogP) is -7.33. The van der Waals surface area contributed by atoms with Gasteiger partial charge in [-0.1, -0.05) is 5.11 Å². The summed E-state index contributed by atoms with van der Waals surface area (Å²) in [5, 5.41) is 12.2. The Kier molecular flexibility index (Phi) is 28.5. The summed E-state index contributed by atoms with van der Waals surface area (Å²) in [6.07, 6.45) is 0. The van der Waals surface area contributed by atoms with Crippen LogP contribution in [0.15, 0.2) is 5.11 Å². The molecule has 0 radical (unpaired) electrons. The molecular weight excluding hydrogens is 983 g/mol. The lowest BCUT2D eigenvalue weighted by Crippen LogP contribution is -2.50. The highest BCUT2D eigenvalue weighted by Gasteiger charge is 2.28. The van der Waals surface area contributed by atoms with Crippen molar-refractivity contribution in [1.29, 1.82) is 0 Å². The fourth-order valence-corrected chi connectivity index (χ4v) is 5.74. The second kappa shape index (κ2) is 32.0. The maximum atomic E-state index is 13.0.